The van der Waals surface area contributed by atoms with E-state index in [0.29, 0.717) is 35.0 Å². The molecule has 2 aromatic rings. The summed E-state index contributed by atoms with van der Waals surface area (Å²) < 4.78 is 21.4. The van der Waals surface area contributed by atoms with Crippen molar-refractivity contribution in [2.24, 2.45) is 0 Å². The van der Waals surface area contributed by atoms with Gasteiger partial charge in [-0.3, -0.25) is 4.79 Å². The Balaban J connectivity index is 2.53. The van der Waals surface area contributed by atoms with Crippen molar-refractivity contribution in [2.45, 2.75) is 26.2 Å². The van der Waals surface area contributed by atoms with Gasteiger partial charge in [0.1, 0.15) is 0 Å². The predicted molar refractivity (Wildman–Crippen MR) is 111 cm³/mol. The molecule has 5 nitrogen and oxygen atoms in total. The largest absolute Gasteiger partial charge is 0.493 e. The van der Waals surface area contributed by atoms with Crippen LogP contribution in [0.15, 0.2) is 36.4 Å². The van der Waals surface area contributed by atoms with E-state index in [0.717, 1.165) is 24.0 Å². The summed E-state index contributed by atoms with van der Waals surface area (Å²) >= 11 is 0. The number of hydrogen-bond acceptors (Lipinski definition) is 5. The van der Waals surface area contributed by atoms with Crippen LogP contribution in [0.4, 0.5) is 0 Å². The van der Waals surface area contributed by atoms with Gasteiger partial charge in [0.25, 0.3) is 0 Å². The van der Waals surface area contributed by atoms with Crippen LogP contribution in [-0.2, 0) is 4.79 Å². The van der Waals surface area contributed by atoms with E-state index in [-0.39, 0.29) is 5.78 Å². The van der Waals surface area contributed by atoms with Crippen LogP contribution in [-0.4, -0.2) is 34.2 Å². The van der Waals surface area contributed by atoms with E-state index >= 15 is 0 Å². The zero-order valence-corrected chi connectivity index (χ0v) is 17.2. The van der Waals surface area contributed by atoms with Gasteiger partial charge < -0.3 is 18.9 Å². The maximum absolute atomic E-state index is 12.9. The first-order valence-corrected chi connectivity index (χ1v) is 9.27. The number of ether oxygens (including phenoxy) is 4. The second-order valence-corrected chi connectivity index (χ2v) is 6.27. The number of rotatable bonds is 10. The molecule has 0 unspecified atom stereocenters. The summed E-state index contributed by atoms with van der Waals surface area (Å²) in [4.78, 5) is 12.9. The molecule has 0 bridgehead atoms. The molecule has 150 valence electrons. The highest BCUT2D eigenvalue weighted by Crippen LogP contribution is 2.33. The maximum Gasteiger partial charge on any atom is 0.163 e. The second-order valence-electron chi connectivity index (χ2n) is 6.27. The molecule has 0 radical (unpaired) electrons. The molecule has 0 aliphatic heterocycles. The molecule has 0 N–H and O–H groups in total. The SMILES string of the molecule is CCCCC(=O)/C(=C/c1ccc(OC)c(OC)c1)c1ccc(OC)c(OC)c1. The Morgan fingerprint density at radius 3 is 1.96 bits per heavy atom. The Bertz CT molecular complexity index is 839. The van der Waals surface area contributed by atoms with Crippen molar-refractivity contribution in [3.63, 3.8) is 0 Å². The molecule has 0 aliphatic carbocycles. The van der Waals surface area contributed by atoms with Crippen LogP contribution < -0.4 is 18.9 Å². The quantitative estimate of drug-likeness (QED) is 0.425. The molecular formula is C23H28O5. The average Bonchev–Trinajstić information content (AvgIpc) is 2.74. The van der Waals surface area contributed by atoms with Crippen LogP contribution in [0.1, 0.15) is 37.3 Å². The van der Waals surface area contributed by atoms with Crippen LogP contribution in [0.2, 0.25) is 0 Å². The number of Topliss-reactive ketones (excluding diaryl/α,β-unsaturated/α-hetero) is 1. The molecule has 2 rings (SSSR count). The number of ketones is 1. The molecule has 0 aliphatic rings. The van der Waals surface area contributed by atoms with Gasteiger partial charge in [-0.25, -0.2) is 0 Å². The van der Waals surface area contributed by atoms with Crippen molar-refractivity contribution in [2.75, 3.05) is 28.4 Å². The van der Waals surface area contributed by atoms with Gasteiger partial charge in [-0.1, -0.05) is 25.5 Å². The molecule has 5 heteroatoms. The van der Waals surface area contributed by atoms with Crippen molar-refractivity contribution < 1.29 is 23.7 Å². The molecule has 0 saturated heterocycles. The number of unbranched alkanes of at least 4 members (excludes halogenated alkanes) is 1. The first-order valence-electron chi connectivity index (χ1n) is 9.27. The lowest BCUT2D eigenvalue weighted by atomic mass is 9.95. The Kier molecular flexibility index (Phi) is 7.93. The van der Waals surface area contributed by atoms with E-state index in [4.69, 9.17) is 18.9 Å². The zero-order chi connectivity index (χ0) is 20.5. The van der Waals surface area contributed by atoms with Crippen LogP contribution in [0.25, 0.3) is 11.6 Å². The van der Waals surface area contributed by atoms with E-state index in [9.17, 15) is 4.79 Å². The van der Waals surface area contributed by atoms with Crippen LogP contribution in [0.5, 0.6) is 23.0 Å². The molecule has 0 spiro atoms. The second kappa shape index (κ2) is 10.4. The molecular weight excluding hydrogens is 356 g/mol. The van der Waals surface area contributed by atoms with Gasteiger partial charge in [0, 0.05) is 12.0 Å². The van der Waals surface area contributed by atoms with Gasteiger partial charge in [-0.05, 0) is 47.9 Å². The minimum atomic E-state index is 0.0869. The van der Waals surface area contributed by atoms with Crippen molar-refractivity contribution >= 4 is 17.4 Å². The van der Waals surface area contributed by atoms with Gasteiger partial charge >= 0.3 is 0 Å². The summed E-state index contributed by atoms with van der Waals surface area (Å²) in [6.45, 7) is 2.07. The fourth-order valence-corrected chi connectivity index (χ4v) is 2.91. The number of methoxy groups -OCH3 is 4. The molecule has 0 aromatic heterocycles. The van der Waals surface area contributed by atoms with Crippen LogP contribution in [0, 0.1) is 0 Å². The third-order valence-corrected chi connectivity index (χ3v) is 4.47. The fourth-order valence-electron chi connectivity index (χ4n) is 2.91. The topological polar surface area (TPSA) is 54.0 Å². The molecule has 0 fully saturated rings. The van der Waals surface area contributed by atoms with Gasteiger partial charge in [-0.2, -0.15) is 0 Å². The summed E-state index contributed by atoms with van der Waals surface area (Å²) in [5.74, 6) is 2.55. The minimum Gasteiger partial charge on any atom is -0.493 e. The number of carbonyl (C=O) groups is 1. The van der Waals surface area contributed by atoms with Gasteiger partial charge in [0.15, 0.2) is 28.8 Å². The number of benzene rings is 2. The average molecular weight is 384 g/mol. The molecule has 0 atom stereocenters. The normalized spacial score (nSPS) is 11.1. The lowest BCUT2D eigenvalue weighted by molar-refractivity contribution is -0.113. The molecule has 0 saturated carbocycles. The highest BCUT2D eigenvalue weighted by molar-refractivity contribution is 6.25. The van der Waals surface area contributed by atoms with E-state index in [1.807, 2.05) is 42.5 Å². The number of allylic oxidation sites excluding steroid dienone is 1. The van der Waals surface area contributed by atoms with E-state index in [1.54, 1.807) is 28.4 Å². The Morgan fingerprint density at radius 2 is 1.39 bits per heavy atom. The zero-order valence-electron chi connectivity index (χ0n) is 17.2. The van der Waals surface area contributed by atoms with Gasteiger partial charge in [0.2, 0.25) is 0 Å². The summed E-state index contributed by atoms with van der Waals surface area (Å²) in [6, 6.07) is 11.1. The lowest BCUT2D eigenvalue weighted by Gasteiger charge is -2.13. The predicted octanol–water partition coefficient (Wildman–Crippen LogP) is 5.02. The van der Waals surface area contributed by atoms with Gasteiger partial charge in [-0.15, -0.1) is 0 Å². The first-order chi connectivity index (χ1) is 13.6. The summed E-state index contributed by atoms with van der Waals surface area (Å²) in [5.41, 5.74) is 2.27. The third-order valence-electron chi connectivity index (χ3n) is 4.47. The van der Waals surface area contributed by atoms with E-state index in [1.165, 1.54) is 0 Å². The van der Waals surface area contributed by atoms with Crippen molar-refractivity contribution in [1.82, 2.24) is 0 Å². The fraction of sp³-hybridized carbons (Fsp3) is 0.348. The first kappa shape index (κ1) is 21.4. The summed E-state index contributed by atoms with van der Waals surface area (Å²) in [5, 5.41) is 0. The third kappa shape index (κ3) is 5.06. The van der Waals surface area contributed by atoms with E-state index < -0.39 is 0 Å². The molecule has 0 heterocycles. The summed E-state index contributed by atoms with van der Waals surface area (Å²) in [6.07, 6.45) is 4.17. The van der Waals surface area contributed by atoms with Gasteiger partial charge in [0.05, 0.1) is 28.4 Å². The molecule has 2 aromatic carbocycles. The Hall–Kier alpha value is -2.95. The Morgan fingerprint density at radius 1 is 0.821 bits per heavy atom. The Labute approximate surface area is 166 Å². The highest BCUT2D eigenvalue weighted by atomic mass is 16.5. The highest BCUT2D eigenvalue weighted by Gasteiger charge is 2.15. The lowest BCUT2D eigenvalue weighted by Crippen LogP contribution is -2.03. The smallest absolute Gasteiger partial charge is 0.163 e. The minimum absolute atomic E-state index is 0.0869. The monoisotopic (exact) mass is 384 g/mol. The van der Waals surface area contributed by atoms with Crippen molar-refractivity contribution in [1.29, 1.82) is 0 Å². The van der Waals surface area contributed by atoms with Crippen LogP contribution >= 0.6 is 0 Å². The molecule has 28 heavy (non-hydrogen) atoms. The summed E-state index contributed by atoms with van der Waals surface area (Å²) in [7, 11) is 6.35. The van der Waals surface area contributed by atoms with Crippen molar-refractivity contribution in [3.05, 3.63) is 47.5 Å². The number of hydrogen-bond donors (Lipinski definition) is 0. The van der Waals surface area contributed by atoms with Crippen molar-refractivity contribution in [3.8, 4) is 23.0 Å². The maximum atomic E-state index is 12.9. The van der Waals surface area contributed by atoms with E-state index in [2.05, 4.69) is 6.92 Å². The number of carbonyl (C=O) groups excluding carboxylic acids is 1. The van der Waals surface area contributed by atoms with Crippen LogP contribution in [0.3, 0.4) is 0 Å². The standard InChI is InChI=1S/C23H28O5/c1-6-7-8-19(24)18(17-10-12-21(26-3)23(15-17)28-5)13-16-9-11-20(25-2)22(14-16)27-4/h9-15H,6-8H2,1-5H3/b18-13+. The molecule has 0 amide bonds.